The second-order valence-corrected chi connectivity index (χ2v) is 9.38. The first-order valence-electron chi connectivity index (χ1n) is 13.1. The molecule has 0 spiro atoms. The molecule has 40 heavy (non-hydrogen) atoms. The quantitative estimate of drug-likeness (QED) is 0.239. The fourth-order valence-corrected chi connectivity index (χ4v) is 4.63. The Hall–Kier alpha value is -5.09. The standard InChI is InChI=1S/C34H25B2N4/c35-28-11-6-9-26(23-28)27-10-7-12-29(24-27)36-40(31-13-2-1-3-14-31)33-16-5-4-15-32(33)39-30-19-17-25(18-20-30)34-37-21-8-22-38-34/h1-24,39H. The van der Waals surface area contributed by atoms with Crippen LogP contribution in [0.15, 0.2) is 146 Å². The molecule has 0 fully saturated rings. The zero-order chi connectivity index (χ0) is 27.1. The minimum absolute atomic E-state index is 0.708. The lowest BCUT2D eigenvalue weighted by molar-refractivity contribution is 1.18. The van der Waals surface area contributed by atoms with Crippen LogP contribution in [0.5, 0.6) is 0 Å². The summed E-state index contributed by atoms with van der Waals surface area (Å²) in [5, 5.41) is 3.61. The maximum Gasteiger partial charge on any atom is 0.291 e. The van der Waals surface area contributed by atoms with E-state index in [1.165, 1.54) is 0 Å². The van der Waals surface area contributed by atoms with E-state index in [0.717, 1.165) is 50.4 Å². The second-order valence-electron chi connectivity index (χ2n) is 9.38. The fourth-order valence-electron chi connectivity index (χ4n) is 4.63. The van der Waals surface area contributed by atoms with Crippen LogP contribution in [0.4, 0.5) is 22.7 Å². The summed E-state index contributed by atoms with van der Waals surface area (Å²) in [5.74, 6) is 0.708. The normalized spacial score (nSPS) is 10.6. The van der Waals surface area contributed by atoms with E-state index in [2.05, 4.69) is 100 Å². The molecule has 1 heterocycles. The summed E-state index contributed by atoms with van der Waals surface area (Å²) in [5.41, 5.74) is 9.05. The van der Waals surface area contributed by atoms with Gasteiger partial charge in [0.05, 0.1) is 11.4 Å². The lowest BCUT2D eigenvalue weighted by Gasteiger charge is -2.28. The molecule has 0 unspecified atom stereocenters. The number of nitrogens with zero attached hydrogens (tertiary/aromatic N) is 3. The third-order valence-electron chi connectivity index (χ3n) is 6.57. The van der Waals surface area contributed by atoms with Crippen molar-refractivity contribution in [3.63, 3.8) is 0 Å². The Morgan fingerprint density at radius 3 is 2.08 bits per heavy atom. The zero-order valence-electron chi connectivity index (χ0n) is 21.9. The van der Waals surface area contributed by atoms with Gasteiger partial charge in [-0.05, 0) is 65.7 Å². The molecular formula is C34H25B2N4. The second kappa shape index (κ2) is 11.7. The summed E-state index contributed by atoms with van der Waals surface area (Å²) in [6.07, 6.45) is 3.51. The van der Waals surface area contributed by atoms with Crippen LogP contribution in [0.3, 0.4) is 0 Å². The van der Waals surface area contributed by atoms with Gasteiger partial charge in [0, 0.05) is 29.3 Å². The van der Waals surface area contributed by atoms with E-state index < -0.39 is 0 Å². The van der Waals surface area contributed by atoms with Crippen LogP contribution in [0.2, 0.25) is 0 Å². The van der Waals surface area contributed by atoms with Gasteiger partial charge in [-0.3, -0.25) is 0 Å². The van der Waals surface area contributed by atoms with Crippen molar-refractivity contribution in [3.8, 4) is 22.5 Å². The molecule has 0 aliphatic heterocycles. The molecule has 0 saturated carbocycles. The van der Waals surface area contributed by atoms with Crippen molar-refractivity contribution in [1.29, 1.82) is 0 Å². The molecule has 0 atom stereocenters. The first kappa shape index (κ1) is 25.2. The maximum atomic E-state index is 6.06. The number of nitrogens with one attached hydrogen (secondary N) is 1. The van der Waals surface area contributed by atoms with Crippen LogP contribution in [-0.2, 0) is 0 Å². The number of anilines is 4. The molecule has 4 nitrogen and oxygen atoms in total. The minimum atomic E-state index is 0.708. The van der Waals surface area contributed by atoms with Crippen LogP contribution in [-0.4, -0.2) is 25.2 Å². The Morgan fingerprint density at radius 1 is 0.600 bits per heavy atom. The van der Waals surface area contributed by atoms with Crippen LogP contribution in [0, 0.1) is 0 Å². The van der Waals surface area contributed by atoms with E-state index in [1.807, 2.05) is 60.7 Å². The number of para-hydroxylation sites is 3. The van der Waals surface area contributed by atoms with Crippen molar-refractivity contribution in [1.82, 2.24) is 9.97 Å². The molecule has 0 aliphatic carbocycles. The van der Waals surface area contributed by atoms with Gasteiger partial charge in [-0.25, -0.2) is 9.97 Å². The van der Waals surface area contributed by atoms with Crippen LogP contribution < -0.4 is 21.1 Å². The van der Waals surface area contributed by atoms with Gasteiger partial charge in [-0.2, -0.15) is 0 Å². The molecule has 1 N–H and O–H groups in total. The summed E-state index contributed by atoms with van der Waals surface area (Å²) in [6.45, 7) is 0. The van der Waals surface area contributed by atoms with Crippen molar-refractivity contribution >= 4 is 48.9 Å². The predicted molar refractivity (Wildman–Crippen MR) is 168 cm³/mol. The molecule has 3 radical (unpaired) electrons. The fraction of sp³-hybridized carbons (Fsp3) is 0. The van der Waals surface area contributed by atoms with Gasteiger partial charge in [0.15, 0.2) is 5.82 Å². The monoisotopic (exact) mass is 511 g/mol. The topological polar surface area (TPSA) is 41.0 Å². The summed E-state index contributed by atoms with van der Waals surface area (Å²) in [6, 6.07) is 45.1. The van der Waals surface area contributed by atoms with Crippen molar-refractivity contribution in [2.45, 2.75) is 0 Å². The summed E-state index contributed by atoms with van der Waals surface area (Å²) < 4.78 is 0. The summed E-state index contributed by atoms with van der Waals surface area (Å²) in [7, 11) is 8.22. The van der Waals surface area contributed by atoms with E-state index in [1.54, 1.807) is 12.4 Å². The first-order valence-corrected chi connectivity index (χ1v) is 13.1. The molecule has 0 aliphatic rings. The molecular weight excluding hydrogens is 486 g/mol. The van der Waals surface area contributed by atoms with E-state index in [4.69, 9.17) is 7.85 Å². The van der Waals surface area contributed by atoms with Gasteiger partial charge >= 0.3 is 0 Å². The lowest BCUT2D eigenvalue weighted by atomic mass is 9.77. The summed E-state index contributed by atoms with van der Waals surface area (Å²) in [4.78, 5) is 10.9. The van der Waals surface area contributed by atoms with E-state index in [0.29, 0.717) is 5.82 Å². The molecule has 0 saturated heterocycles. The minimum Gasteiger partial charge on any atom is -0.384 e. The van der Waals surface area contributed by atoms with E-state index in [9.17, 15) is 0 Å². The van der Waals surface area contributed by atoms with Crippen molar-refractivity contribution < 1.29 is 0 Å². The van der Waals surface area contributed by atoms with E-state index >= 15 is 0 Å². The molecule has 187 valence electrons. The van der Waals surface area contributed by atoms with Crippen molar-refractivity contribution in [3.05, 3.63) is 146 Å². The highest BCUT2D eigenvalue weighted by molar-refractivity contribution is 6.59. The lowest BCUT2D eigenvalue weighted by Crippen LogP contribution is -2.32. The van der Waals surface area contributed by atoms with Crippen molar-refractivity contribution in [2.75, 3.05) is 10.1 Å². The Kier molecular flexibility index (Phi) is 7.40. The van der Waals surface area contributed by atoms with Gasteiger partial charge < -0.3 is 10.1 Å². The SMILES string of the molecule is [B]c1cccc(-c2cccc([B]N(c3ccccc3)c3ccccc3Nc3ccc(-c4ncccn4)cc3)c2)c1. The number of benzene rings is 5. The van der Waals surface area contributed by atoms with Gasteiger partial charge in [0.25, 0.3) is 7.41 Å². The van der Waals surface area contributed by atoms with E-state index in [-0.39, 0.29) is 0 Å². The molecule has 6 heteroatoms. The largest absolute Gasteiger partial charge is 0.384 e. The molecule has 0 bridgehead atoms. The maximum absolute atomic E-state index is 6.06. The highest BCUT2D eigenvalue weighted by Gasteiger charge is 2.16. The predicted octanol–water partition coefficient (Wildman–Crippen LogP) is 6.43. The van der Waals surface area contributed by atoms with Crippen molar-refractivity contribution in [2.24, 2.45) is 0 Å². The van der Waals surface area contributed by atoms with Crippen LogP contribution >= 0.6 is 0 Å². The number of rotatable bonds is 8. The van der Waals surface area contributed by atoms with Gasteiger partial charge in [-0.15, -0.1) is 0 Å². The Morgan fingerprint density at radius 2 is 1.30 bits per heavy atom. The zero-order valence-corrected chi connectivity index (χ0v) is 21.9. The first-order chi connectivity index (χ1) is 19.7. The average Bonchev–Trinajstić information content (AvgIpc) is 3.02. The average molecular weight is 511 g/mol. The molecule has 0 amide bonds. The third kappa shape index (κ3) is 5.82. The molecule has 6 rings (SSSR count). The molecule has 6 aromatic rings. The number of hydrogen-bond acceptors (Lipinski definition) is 4. The highest BCUT2D eigenvalue weighted by Crippen LogP contribution is 2.33. The van der Waals surface area contributed by atoms with Crippen LogP contribution in [0.1, 0.15) is 0 Å². The smallest absolute Gasteiger partial charge is 0.291 e. The molecule has 1 aromatic heterocycles. The Labute approximate surface area is 237 Å². The summed E-state index contributed by atoms with van der Waals surface area (Å²) >= 11 is 0. The van der Waals surface area contributed by atoms with Gasteiger partial charge in [-0.1, -0.05) is 89.8 Å². The number of aromatic nitrogens is 2. The third-order valence-corrected chi connectivity index (χ3v) is 6.57. The Bertz CT molecular complexity index is 1710. The highest BCUT2D eigenvalue weighted by atomic mass is 15.1. The van der Waals surface area contributed by atoms with Gasteiger partial charge in [0.2, 0.25) is 0 Å². The number of hydrogen-bond donors (Lipinski definition) is 1. The van der Waals surface area contributed by atoms with Gasteiger partial charge in [0.1, 0.15) is 7.85 Å². The molecule has 5 aromatic carbocycles. The Balaban J connectivity index is 1.32. The van der Waals surface area contributed by atoms with Crippen LogP contribution in [0.25, 0.3) is 22.5 Å².